The molecule has 8 nitrogen and oxygen atoms in total. The lowest BCUT2D eigenvalue weighted by Crippen LogP contribution is -2.51. The molecule has 3 rings (SSSR count). The number of amides is 2. The molecule has 1 aliphatic rings. The number of likely N-dealkylation sites (N-methyl/N-ethyl adjacent to an activating group) is 1. The number of nitrogens with zero attached hydrogens (tertiary/aromatic N) is 5. The summed E-state index contributed by atoms with van der Waals surface area (Å²) in [6.45, 7) is 8.76. The second kappa shape index (κ2) is 9.29. The zero-order valence-corrected chi connectivity index (χ0v) is 17.3. The van der Waals surface area contributed by atoms with Gasteiger partial charge in [0, 0.05) is 52.2 Å². The van der Waals surface area contributed by atoms with Crippen LogP contribution in [0.25, 0.3) is 10.2 Å². The van der Waals surface area contributed by atoms with Crippen molar-refractivity contribution in [2.24, 2.45) is 0 Å². The third kappa shape index (κ3) is 4.59. The first-order valence-electron chi connectivity index (χ1n) is 9.74. The highest BCUT2D eigenvalue weighted by molar-refractivity contribution is 7.16. The van der Waals surface area contributed by atoms with Crippen molar-refractivity contribution in [3.63, 3.8) is 0 Å². The predicted molar refractivity (Wildman–Crippen MR) is 109 cm³/mol. The average Bonchev–Trinajstić information content (AvgIpc) is 3.18. The van der Waals surface area contributed by atoms with Crippen LogP contribution in [0.2, 0.25) is 0 Å². The van der Waals surface area contributed by atoms with E-state index in [-0.39, 0.29) is 23.8 Å². The molecule has 0 saturated carbocycles. The number of hydrogen-bond donors (Lipinski definition) is 0. The molecule has 0 N–H and O–H groups in total. The standard InChI is InChI=1S/C19H27N5O3S/c1-3-22(4-2)17(26)13-21-8-10-23(11-9-21)16(25)5-7-24-14-20-18-15(19(24)27)6-12-28-18/h6,12,14H,3-5,7-11,13H2,1-2H3. The molecule has 1 aliphatic heterocycles. The Balaban J connectivity index is 1.48. The maximum Gasteiger partial charge on any atom is 0.262 e. The van der Waals surface area contributed by atoms with Crippen molar-refractivity contribution in [3.05, 3.63) is 28.1 Å². The predicted octanol–water partition coefficient (Wildman–Crippen LogP) is 0.861. The third-order valence-electron chi connectivity index (χ3n) is 5.22. The van der Waals surface area contributed by atoms with Gasteiger partial charge in [0.15, 0.2) is 0 Å². The van der Waals surface area contributed by atoms with E-state index in [1.165, 1.54) is 22.2 Å². The molecular formula is C19H27N5O3S. The van der Waals surface area contributed by atoms with Crippen LogP contribution in [0.5, 0.6) is 0 Å². The Morgan fingerprint density at radius 1 is 1.18 bits per heavy atom. The van der Waals surface area contributed by atoms with E-state index in [1.54, 1.807) is 6.07 Å². The normalized spacial score (nSPS) is 15.1. The van der Waals surface area contributed by atoms with Crippen LogP contribution in [-0.4, -0.2) is 81.9 Å². The Morgan fingerprint density at radius 2 is 1.89 bits per heavy atom. The van der Waals surface area contributed by atoms with E-state index in [1.807, 2.05) is 29.0 Å². The van der Waals surface area contributed by atoms with Gasteiger partial charge in [-0.15, -0.1) is 11.3 Å². The summed E-state index contributed by atoms with van der Waals surface area (Å²) in [7, 11) is 0. The highest BCUT2D eigenvalue weighted by atomic mass is 32.1. The molecule has 152 valence electrons. The lowest BCUT2D eigenvalue weighted by atomic mass is 10.2. The van der Waals surface area contributed by atoms with Crippen LogP contribution >= 0.6 is 11.3 Å². The van der Waals surface area contributed by atoms with Gasteiger partial charge in [-0.05, 0) is 25.3 Å². The fourth-order valence-electron chi connectivity index (χ4n) is 3.45. The molecule has 0 aromatic carbocycles. The van der Waals surface area contributed by atoms with Gasteiger partial charge in [-0.3, -0.25) is 23.9 Å². The zero-order valence-electron chi connectivity index (χ0n) is 16.5. The van der Waals surface area contributed by atoms with Crippen LogP contribution in [0, 0.1) is 0 Å². The number of carbonyl (C=O) groups is 2. The summed E-state index contributed by atoms with van der Waals surface area (Å²) < 4.78 is 1.51. The Kier molecular flexibility index (Phi) is 6.79. The molecule has 9 heteroatoms. The van der Waals surface area contributed by atoms with Crippen LogP contribution in [0.15, 0.2) is 22.6 Å². The number of rotatable bonds is 7. The maximum atomic E-state index is 12.5. The number of aryl methyl sites for hydroxylation is 1. The molecule has 0 spiro atoms. The molecule has 3 heterocycles. The van der Waals surface area contributed by atoms with E-state index < -0.39 is 0 Å². The first-order chi connectivity index (χ1) is 13.5. The summed E-state index contributed by atoms with van der Waals surface area (Å²) in [6, 6.07) is 1.77. The first-order valence-corrected chi connectivity index (χ1v) is 10.6. The molecule has 2 aromatic rings. The monoisotopic (exact) mass is 405 g/mol. The quantitative estimate of drug-likeness (QED) is 0.683. The molecular weight excluding hydrogens is 378 g/mol. The van der Waals surface area contributed by atoms with E-state index in [9.17, 15) is 14.4 Å². The molecule has 2 amide bonds. The van der Waals surface area contributed by atoms with Gasteiger partial charge in [-0.2, -0.15) is 0 Å². The van der Waals surface area contributed by atoms with E-state index in [0.29, 0.717) is 44.7 Å². The van der Waals surface area contributed by atoms with Crippen molar-refractivity contribution in [3.8, 4) is 0 Å². The minimum atomic E-state index is -0.0983. The largest absolute Gasteiger partial charge is 0.342 e. The van der Waals surface area contributed by atoms with Crippen LogP contribution in [0.4, 0.5) is 0 Å². The van der Waals surface area contributed by atoms with Gasteiger partial charge in [0.25, 0.3) is 5.56 Å². The van der Waals surface area contributed by atoms with Crippen molar-refractivity contribution in [1.82, 2.24) is 24.3 Å². The third-order valence-corrected chi connectivity index (χ3v) is 6.04. The SMILES string of the molecule is CCN(CC)C(=O)CN1CCN(C(=O)CCn2cnc3sccc3c2=O)CC1. The Morgan fingerprint density at radius 3 is 2.57 bits per heavy atom. The van der Waals surface area contributed by atoms with Crippen molar-refractivity contribution in [1.29, 1.82) is 0 Å². The van der Waals surface area contributed by atoms with E-state index in [4.69, 9.17) is 0 Å². The van der Waals surface area contributed by atoms with Gasteiger partial charge >= 0.3 is 0 Å². The maximum absolute atomic E-state index is 12.5. The number of fused-ring (bicyclic) bond motifs is 1. The Bertz CT molecular complexity index is 881. The first kappa shape index (κ1) is 20.5. The summed E-state index contributed by atoms with van der Waals surface area (Å²) in [4.78, 5) is 47.9. The molecule has 0 aliphatic carbocycles. The molecule has 0 atom stereocenters. The number of carbonyl (C=O) groups excluding carboxylic acids is 2. The van der Waals surface area contributed by atoms with Crippen LogP contribution < -0.4 is 5.56 Å². The summed E-state index contributed by atoms with van der Waals surface area (Å²) >= 11 is 1.43. The van der Waals surface area contributed by atoms with Gasteiger partial charge < -0.3 is 9.80 Å². The molecule has 1 saturated heterocycles. The number of hydrogen-bond acceptors (Lipinski definition) is 6. The van der Waals surface area contributed by atoms with Crippen LogP contribution in [-0.2, 0) is 16.1 Å². The van der Waals surface area contributed by atoms with E-state index >= 15 is 0 Å². The van der Waals surface area contributed by atoms with E-state index in [2.05, 4.69) is 9.88 Å². The summed E-state index contributed by atoms with van der Waals surface area (Å²) in [6.07, 6.45) is 1.79. The van der Waals surface area contributed by atoms with Crippen molar-refractivity contribution >= 4 is 33.4 Å². The average molecular weight is 406 g/mol. The summed E-state index contributed by atoms with van der Waals surface area (Å²) in [5, 5.41) is 2.45. The molecule has 0 bridgehead atoms. The lowest BCUT2D eigenvalue weighted by molar-refractivity contribution is -0.135. The summed E-state index contributed by atoms with van der Waals surface area (Å²) in [5.41, 5.74) is -0.0983. The second-order valence-electron chi connectivity index (χ2n) is 6.86. The summed E-state index contributed by atoms with van der Waals surface area (Å²) in [5.74, 6) is 0.174. The number of aromatic nitrogens is 2. The van der Waals surface area contributed by atoms with Crippen molar-refractivity contribution in [2.45, 2.75) is 26.8 Å². The van der Waals surface area contributed by atoms with Gasteiger partial charge in [0.2, 0.25) is 11.8 Å². The van der Waals surface area contributed by atoms with Crippen LogP contribution in [0.1, 0.15) is 20.3 Å². The van der Waals surface area contributed by atoms with Crippen LogP contribution in [0.3, 0.4) is 0 Å². The highest BCUT2D eigenvalue weighted by Crippen LogP contribution is 2.13. The smallest absolute Gasteiger partial charge is 0.262 e. The van der Waals surface area contributed by atoms with Gasteiger partial charge in [-0.1, -0.05) is 0 Å². The van der Waals surface area contributed by atoms with Crippen molar-refractivity contribution < 1.29 is 9.59 Å². The van der Waals surface area contributed by atoms with E-state index in [0.717, 1.165) is 17.9 Å². The minimum Gasteiger partial charge on any atom is -0.342 e. The molecule has 2 aromatic heterocycles. The Hall–Kier alpha value is -2.26. The van der Waals surface area contributed by atoms with Gasteiger partial charge in [-0.25, -0.2) is 4.98 Å². The zero-order chi connectivity index (χ0) is 20.1. The van der Waals surface area contributed by atoms with Gasteiger partial charge in [0.05, 0.1) is 18.3 Å². The second-order valence-corrected chi connectivity index (χ2v) is 7.75. The minimum absolute atomic E-state index is 0.0343. The fourth-order valence-corrected chi connectivity index (χ4v) is 4.17. The Labute approximate surface area is 168 Å². The van der Waals surface area contributed by atoms with Crippen molar-refractivity contribution in [2.75, 3.05) is 45.8 Å². The lowest BCUT2D eigenvalue weighted by Gasteiger charge is -2.35. The van der Waals surface area contributed by atoms with Gasteiger partial charge in [0.1, 0.15) is 4.83 Å². The molecule has 1 fully saturated rings. The topological polar surface area (TPSA) is 78.8 Å². The number of thiophene rings is 1. The highest BCUT2D eigenvalue weighted by Gasteiger charge is 2.23. The molecule has 0 radical (unpaired) electrons. The fraction of sp³-hybridized carbons (Fsp3) is 0.579. The number of piperazine rings is 1. The molecule has 0 unspecified atom stereocenters. The molecule has 28 heavy (non-hydrogen) atoms.